The van der Waals surface area contributed by atoms with Gasteiger partial charge in [0.1, 0.15) is 0 Å². The van der Waals surface area contributed by atoms with Crippen molar-refractivity contribution in [3.8, 4) is 0 Å². The quantitative estimate of drug-likeness (QED) is 0.831. The lowest BCUT2D eigenvalue weighted by Crippen LogP contribution is -2.43. The minimum Gasteiger partial charge on any atom is -0.312 e. The molecule has 0 bridgehead atoms. The molecule has 1 saturated carbocycles. The van der Waals surface area contributed by atoms with E-state index in [0.717, 1.165) is 6.54 Å². The fraction of sp³-hybridized carbons (Fsp3) is 0.684. The van der Waals surface area contributed by atoms with E-state index in [4.69, 9.17) is 0 Å². The standard InChI is InChI=1S/C19H31N/c1-15-10-16(2)12-17(11-15)13-19(8-6-7-9-19)14-20-18(3,4)5/h10-12,20H,6-9,13-14H2,1-5H3. The molecule has 2 rings (SSSR count). The van der Waals surface area contributed by atoms with Gasteiger partial charge in [-0.15, -0.1) is 0 Å². The van der Waals surface area contributed by atoms with Crippen LogP contribution in [0.3, 0.4) is 0 Å². The van der Waals surface area contributed by atoms with Crippen LogP contribution in [0.1, 0.15) is 63.1 Å². The largest absolute Gasteiger partial charge is 0.312 e. The van der Waals surface area contributed by atoms with Crippen molar-refractivity contribution >= 4 is 0 Å². The Morgan fingerprint density at radius 1 is 1.00 bits per heavy atom. The Labute approximate surface area is 125 Å². The Hall–Kier alpha value is -0.820. The van der Waals surface area contributed by atoms with E-state index in [1.165, 1.54) is 48.8 Å². The first-order valence-electron chi connectivity index (χ1n) is 8.10. The molecule has 0 unspecified atom stereocenters. The maximum atomic E-state index is 3.75. The second-order valence-electron chi connectivity index (χ2n) is 7.98. The van der Waals surface area contributed by atoms with Crippen LogP contribution in [0, 0.1) is 19.3 Å². The summed E-state index contributed by atoms with van der Waals surface area (Å²) >= 11 is 0. The molecule has 1 N–H and O–H groups in total. The second kappa shape index (κ2) is 5.89. The lowest BCUT2D eigenvalue weighted by atomic mass is 9.79. The highest BCUT2D eigenvalue weighted by Crippen LogP contribution is 2.41. The fourth-order valence-corrected chi connectivity index (χ4v) is 3.60. The van der Waals surface area contributed by atoms with Crippen molar-refractivity contribution < 1.29 is 0 Å². The van der Waals surface area contributed by atoms with Gasteiger partial charge in [-0.3, -0.25) is 0 Å². The fourth-order valence-electron chi connectivity index (χ4n) is 3.60. The Morgan fingerprint density at radius 3 is 2.05 bits per heavy atom. The van der Waals surface area contributed by atoms with E-state index in [1.54, 1.807) is 0 Å². The summed E-state index contributed by atoms with van der Waals surface area (Å²) in [6, 6.07) is 7.03. The summed E-state index contributed by atoms with van der Waals surface area (Å²) < 4.78 is 0. The normalized spacial score (nSPS) is 18.4. The van der Waals surface area contributed by atoms with E-state index in [9.17, 15) is 0 Å². The molecule has 0 atom stereocenters. The van der Waals surface area contributed by atoms with Gasteiger partial charge < -0.3 is 5.32 Å². The Bertz CT molecular complexity index is 427. The number of hydrogen-bond acceptors (Lipinski definition) is 1. The number of nitrogens with one attached hydrogen (secondary N) is 1. The predicted molar refractivity (Wildman–Crippen MR) is 88.3 cm³/mol. The van der Waals surface area contributed by atoms with E-state index < -0.39 is 0 Å². The van der Waals surface area contributed by atoms with Crippen molar-refractivity contribution in [1.29, 1.82) is 0 Å². The smallest absolute Gasteiger partial charge is 0.00967 e. The molecule has 1 heteroatoms. The van der Waals surface area contributed by atoms with E-state index in [0.29, 0.717) is 5.41 Å². The van der Waals surface area contributed by atoms with Gasteiger partial charge in [0.2, 0.25) is 0 Å². The van der Waals surface area contributed by atoms with Gasteiger partial charge in [-0.05, 0) is 64.9 Å². The molecule has 1 fully saturated rings. The molecule has 1 nitrogen and oxygen atoms in total. The van der Waals surface area contributed by atoms with Crippen LogP contribution in [0.15, 0.2) is 18.2 Å². The topological polar surface area (TPSA) is 12.0 Å². The van der Waals surface area contributed by atoms with Crippen molar-refractivity contribution in [2.75, 3.05) is 6.54 Å². The summed E-state index contributed by atoms with van der Waals surface area (Å²) in [5, 5.41) is 3.75. The summed E-state index contributed by atoms with van der Waals surface area (Å²) in [6.45, 7) is 12.4. The minimum absolute atomic E-state index is 0.220. The zero-order valence-electron chi connectivity index (χ0n) is 14.0. The van der Waals surface area contributed by atoms with Crippen LogP contribution in [0.5, 0.6) is 0 Å². The molecule has 0 heterocycles. The third-order valence-electron chi connectivity index (χ3n) is 4.52. The molecule has 112 valence electrons. The maximum absolute atomic E-state index is 3.75. The molecule has 0 amide bonds. The van der Waals surface area contributed by atoms with Crippen molar-refractivity contribution in [2.45, 2.75) is 72.3 Å². The number of benzene rings is 1. The minimum atomic E-state index is 0.220. The van der Waals surface area contributed by atoms with Crippen molar-refractivity contribution in [3.05, 3.63) is 34.9 Å². The molecule has 0 aliphatic heterocycles. The molecule has 1 aromatic carbocycles. The van der Waals surface area contributed by atoms with E-state index >= 15 is 0 Å². The van der Waals surface area contributed by atoms with E-state index in [-0.39, 0.29) is 5.54 Å². The average molecular weight is 273 g/mol. The third kappa shape index (κ3) is 4.34. The molecule has 0 spiro atoms. The van der Waals surface area contributed by atoms with Gasteiger partial charge in [-0.1, -0.05) is 42.2 Å². The molecule has 1 aromatic rings. The highest BCUT2D eigenvalue weighted by atomic mass is 15.0. The average Bonchev–Trinajstić information content (AvgIpc) is 2.73. The first-order valence-corrected chi connectivity index (χ1v) is 8.10. The SMILES string of the molecule is Cc1cc(C)cc(CC2(CNC(C)(C)C)CCCC2)c1. The van der Waals surface area contributed by atoms with Crippen LogP contribution in [0.2, 0.25) is 0 Å². The number of hydrogen-bond donors (Lipinski definition) is 1. The highest BCUT2D eigenvalue weighted by Gasteiger charge is 2.34. The lowest BCUT2D eigenvalue weighted by molar-refractivity contribution is 0.245. The van der Waals surface area contributed by atoms with Crippen molar-refractivity contribution in [1.82, 2.24) is 5.32 Å². The highest BCUT2D eigenvalue weighted by molar-refractivity contribution is 5.29. The van der Waals surface area contributed by atoms with Crippen LogP contribution in [-0.2, 0) is 6.42 Å². The first-order chi connectivity index (χ1) is 9.28. The van der Waals surface area contributed by atoms with Crippen molar-refractivity contribution in [2.24, 2.45) is 5.41 Å². The molecular weight excluding hydrogens is 242 g/mol. The van der Waals surface area contributed by atoms with Crippen LogP contribution in [0.25, 0.3) is 0 Å². The maximum Gasteiger partial charge on any atom is 0.00967 e. The molecule has 0 radical (unpaired) electrons. The third-order valence-corrected chi connectivity index (χ3v) is 4.52. The summed E-state index contributed by atoms with van der Waals surface area (Å²) in [6.07, 6.45) is 6.79. The number of aryl methyl sites for hydroxylation is 2. The Morgan fingerprint density at radius 2 is 1.55 bits per heavy atom. The van der Waals surface area contributed by atoms with Gasteiger partial charge in [0.05, 0.1) is 0 Å². The van der Waals surface area contributed by atoms with E-state index in [1.807, 2.05) is 0 Å². The van der Waals surface area contributed by atoms with Gasteiger partial charge in [-0.25, -0.2) is 0 Å². The monoisotopic (exact) mass is 273 g/mol. The van der Waals surface area contributed by atoms with Gasteiger partial charge in [0.25, 0.3) is 0 Å². The van der Waals surface area contributed by atoms with Gasteiger partial charge in [0.15, 0.2) is 0 Å². The number of rotatable bonds is 4. The van der Waals surface area contributed by atoms with E-state index in [2.05, 4.69) is 58.1 Å². The Kier molecular flexibility index (Phi) is 4.59. The molecule has 0 saturated heterocycles. The summed E-state index contributed by atoms with van der Waals surface area (Å²) in [4.78, 5) is 0. The van der Waals surface area contributed by atoms with Gasteiger partial charge in [-0.2, -0.15) is 0 Å². The predicted octanol–water partition coefficient (Wildman–Crippen LogP) is 4.79. The van der Waals surface area contributed by atoms with Crippen LogP contribution in [-0.4, -0.2) is 12.1 Å². The van der Waals surface area contributed by atoms with Crippen LogP contribution in [0.4, 0.5) is 0 Å². The van der Waals surface area contributed by atoms with Crippen LogP contribution < -0.4 is 5.32 Å². The van der Waals surface area contributed by atoms with Crippen molar-refractivity contribution in [3.63, 3.8) is 0 Å². The summed E-state index contributed by atoms with van der Waals surface area (Å²) in [7, 11) is 0. The molecule has 20 heavy (non-hydrogen) atoms. The molecule has 1 aliphatic rings. The molecule has 1 aliphatic carbocycles. The zero-order chi connectivity index (χ0) is 14.8. The summed E-state index contributed by atoms with van der Waals surface area (Å²) in [5.74, 6) is 0. The molecular formula is C19H31N. The first kappa shape index (κ1) is 15.6. The van der Waals surface area contributed by atoms with Gasteiger partial charge in [0, 0.05) is 12.1 Å². The zero-order valence-corrected chi connectivity index (χ0v) is 14.0. The van der Waals surface area contributed by atoms with Gasteiger partial charge >= 0.3 is 0 Å². The Balaban J connectivity index is 2.12. The molecule has 0 aromatic heterocycles. The summed E-state index contributed by atoms with van der Waals surface area (Å²) in [5.41, 5.74) is 5.03. The second-order valence-corrected chi connectivity index (χ2v) is 7.98. The lowest BCUT2D eigenvalue weighted by Gasteiger charge is -2.34. The van der Waals surface area contributed by atoms with Crippen LogP contribution >= 0.6 is 0 Å².